The molecule has 1 amide bonds. The fourth-order valence-corrected chi connectivity index (χ4v) is 2.19. The van der Waals surface area contributed by atoms with Gasteiger partial charge in [-0.3, -0.25) is 9.78 Å². The average molecular weight is 337 g/mol. The number of hydrogen-bond donors (Lipinski definition) is 2. The average Bonchev–Trinajstić information content (AvgIpc) is 2.42. The van der Waals surface area contributed by atoms with Gasteiger partial charge in [0.1, 0.15) is 5.75 Å². The second-order valence-electron chi connectivity index (χ2n) is 4.08. The van der Waals surface area contributed by atoms with Gasteiger partial charge in [0.15, 0.2) is 0 Å². The third kappa shape index (κ3) is 3.34. The first kappa shape index (κ1) is 14.5. The van der Waals surface area contributed by atoms with E-state index in [1.54, 1.807) is 13.2 Å². The molecule has 0 spiro atoms. The van der Waals surface area contributed by atoms with Gasteiger partial charge in [-0.2, -0.15) is 0 Å². The van der Waals surface area contributed by atoms with Crippen LogP contribution in [0.2, 0.25) is 0 Å². The van der Waals surface area contributed by atoms with Gasteiger partial charge in [0.05, 0.1) is 18.4 Å². The molecule has 0 aliphatic heterocycles. The van der Waals surface area contributed by atoms with Crippen molar-refractivity contribution in [1.82, 2.24) is 4.98 Å². The Bertz CT molecular complexity index is 632. The van der Waals surface area contributed by atoms with E-state index >= 15 is 0 Å². The van der Waals surface area contributed by atoms with Crippen LogP contribution in [-0.2, 0) is 11.3 Å². The van der Waals surface area contributed by atoms with Gasteiger partial charge in [0.2, 0.25) is 0 Å². The van der Waals surface area contributed by atoms with Crippen LogP contribution in [0.1, 0.15) is 15.9 Å². The van der Waals surface area contributed by atoms with Crippen molar-refractivity contribution in [2.45, 2.75) is 6.61 Å². The molecular weight excluding hydrogens is 324 g/mol. The highest BCUT2D eigenvalue weighted by Gasteiger charge is 2.12. The zero-order chi connectivity index (χ0) is 14.5. The van der Waals surface area contributed by atoms with Gasteiger partial charge in [-0.1, -0.05) is 22.0 Å². The van der Waals surface area contributed by atoms with Crippen LogP contribution in [0.3, 0.4) is 0 Å². The maximum absolute atomic E-state index is 12.1. The summed E-state index contributed by atoms with van der Waals surface area (Å²) in [6.07, 6.45) is 2.66. The zero-order valence-electron chi connectivity index (χ0n) is 10.8. The Morgan fingerprint density at radius 1 is 1.45 bits per heavy atom. The number of aromatic nitrogens is 1. The van der Waals surface area contributed by atoms with Crippen molar-refractivity contribution in [3.8, 4) is 5.75 Å². The molecule has 0 saturated carbocycles. The predicted molar refractivity (Wildman–Crippen MR) is 78.7 cm³/mol. The molecule has 0 unspecified atom stereocenters. The summed E-state index contributed by atoms with van der Waals surface area (Å²) < 4.78 is 5.98. The molecule has 1 aromatic heterocycles. The van der Waals surface area contributed by atoms with Gasteiger partial charge >= 0.3 is 0 Å². The molecule has 0 fully saturated rings. The predicted octanol–water partition coefficient (Wildman–Crippen LogP) is 2.95. The number of benzene rings is 1. The van der Waals surface area contributed by atoms with Crippen LogP contribution < -0.4 is 5.32 Å². The zero-order valence-corrected chi connectivity index (χ0v) is 12.3. The molecule has 2 aromatic rings. The molecule has 1 heterocycles. The topological polar surface area (TPSA) is 71.5 Å². The molecule has 0 bridgehead atoms. The number of methoxy groups -OCH3 is 1. The molecule has 0 aliphatic carbocycles. The van der Waals surface area contributed by atoms with E-state index < -0.39 is 0 Å². The Balaban J connectivity index is 2.26. The molecule has 2 N–H and O–H groups in total. The monoisotopic (exact) mass is 336 g/mol. The molecular formula is C14H13BrN2O3. The normalized spacial score (nSPS) is 10.3. The summed E-state index contributed by atoms with van der Waals surface area (Å²) in [5.41, 5.74) is 1.78. The molecule has 104 valence electrons. The van der Waals surface area contributed by atoms with E-state index in [9.17, 15) is 9.90 Å². The molecule has 0 aliphatic rings. The van der Waals surface area contributed by atoms with Crippen molar-refractivity contribution < 1.29 is 14.6 Å². The minimum atomic E-state index is -0.344. The van der Waals surface area contributed by atoms with E-state index in [4.69, 9.17) is 4.74 Å². The van der Waals surface area contributed by atoms with Crippen molar-refractivity contribution in [2.75, 3.05) is 12.4 Å². The number of nitrogens with one attached hydrogen (secondary N) is 1. The lowest BCUT2D eigenvalue weighted by Gasteiger charge is -2.12. The summed E-state index contributed by atoms with van der Waals surface area (Å²) in [4.78, 5) is 15.9. The van der Waals surface area contributed by atoms with Crippen molar-refractivity contribution in [3.63, 3.8) is 0 Å². The number of ether oxygens (including phenoxy) is 1. The first-order chi connectivity index (χ1) is 9.61. The SMILES string of the molecule is COCc1c(Br)cccc1NC(=O)c1cncc(O)c1. The Morgan fingerprint density at radius 2 is 2.25 bits per heavy atom. The fourth-order valence-electron chi connectivity index (χ4n) is 1.71. The standard InChI is InChI=1S/C14H13BrN2O3/c1-20-8-11-12(15)3-2-4-13(11)17-14(19)9-5-10(18)7-16-6-9/h2-7,18H,8H2,1H3,(H,17,19). The van der Waals surface area contributed by atoms with Crippen LogP contribution in [-0.4, -0.2) is 23.1 Å². The summed E-state index contributed by atoms with van der Waals surface area (Å²) in [5, 5.41) is 12.1. The number of aromatic hydroxyl groups is 1. The van der Waals surface area contributed by atoms with Gasteiger partial charge < -0.3 is 15.2 Å². The highest BCUT2D eigenvalue weighted by molar-refractivity contribution is 9.10. The number of hydrogen-bond acceptors (Lipinski definition) is 4. The number of pyridine rings is 1. The Labute approximate surface area is 124 Å². The summed E-state index contributed by atoms with van der Waals surface area (Å²) >= 11 is 3.42. The second kappa shape index (κ2) is 6.49. The molecule has 0 radical (unpaired) electrons. The molecule has 20 heavy (non-hydrogen) atoms. The maximum Gasteiger partial charge on any atom is 0.257 e. The Hall–Kier alpha value is -1.92. The van der Waals surface area contributed by atoms with E-state index in [2.05, 4.69) is 26.2 Å². The minimum absolute atomic E-state index is 0.0518. The van der Waals surface area contributed by atoms with Crippen LogP contribution in [0.5, 0.6) is 5.75 Å². The van der Waals surface area contributed by atoms with Crippen LogP contribution in [0.4, 0.5) is 5.69 Å². The molecule has 5 nitrogen and oxygen atoms in total. The smallest absolute Gasteiger partial charge is 0.257 e. The van der Waals surface area contributed by atoms with Crippen molar-refractivity contribution in [1.29, 1.82) is 0 Å². The molecule has 0 atom stereocenters. The Kier molecular flexibility index (Phi) is 4.70. The fraction of sp³-hybridized carbons (Fsp3) is 0.143. The second-order valence-corrected chi connectivity index (χ2v) is 4.94. The molecule has 1 aromatic carbocycles. The number of anilines is 1. The summed E-state index contributed by atoms with van der Waals surface area (Å²) in [5.74, 6) is -0.395. The number of carbonyl (C=O) groups excluding carboxylic acids is 1. The lowest BCUT2D eigenvalue weighted by Crippen LogP contribution is -2.14. The lowest BCUT2D eigenvalue weighted by atomic mass is 10.1. The minimum Gasteiger partial charge on any atom is -0.506 e. The first-order valence-electron chi connectivity index (χ1n) is 5.83. The van der Waals surface area contributed by atoms with Crippen molar-refractivity contribution >= 4 is 27.5 Å². The van der Waals surface area contributed by atoms with Crippen LogP contribution >= 0.6 is 15.9 Å². The first-order valence-corrected chi connectivity index (χ1v) is 6.63. The van der Waals surface area contributed by atoms with Crippen molar-refractivity contribution in [2.24, 2.45) is 0 Å². The van der Waals surface area contributed by atoms with E-state index in [1.165, 1.54) is 18.5 Å². The number of rotatable bonds is 4. The number of carbonyl (C=O) groups is 1. The largest absolute Gasteiger partial charge is 0.506 e. The quantitative estimate of drug-likeness (QED) is 0.900. The highest BCUT2D eigenvalue weighted by atomic mass is 79.9. The van der Waals surface area contributed by atoms with Gasteiger partial charge in [0.25, 0.3) is 5.91 Å². The third-order valence-electron chi connectivity index (χ3n) is 2.64. The van der Waals surface area contributed by atoms with Gasteiger partial charge in [-0.05, 0) is 18.2 Å². The van der Waals surface area contributed by atoms with Gasteiger partial charge in [0, 0.05) is 29.0 Å². The van der Waals surface area contributed by atoms with Gasteiger partial charge in [-0.15, -0.1) is 0 Å². The highest BCUT2D eigenvalue weighted by Crippen LogP contribution is 2.26. The van der Waals surface area contributed by atoms with Gasteiger partial charge in [-0.25, -0.2) is 0 Å². The number of halogens is 1. The summed E-state index contributed by atoms with van der Waals surface area (Å²) in [6, 6.07) is 6.84. The molecule has 6 heteroatoms. The molecule has 2 rings (SSSR count). The van der Waals surface area contributed by atoms with Crippen LogP contribution in [0.25, 0.3) is 0 Å². The third-order valence-corrected chi connectivity index (χ3v) is 3.38. The number of amides is 1. The van der Waals surface area contributed by atoms with Crippen LogP contribution in [0, 0.1) is 0 Å². The number of nitrogens with zero attached hydrogens (tertiary/aromatic N) is 1. The maximum atomic E-state index is 12.1. The molecule has 0 saturated heterocycles. The van der Waals surface area contributed by atoms with E-state index in [0.29, 0.717) is 12.3 Å². The Morgan fingerprint density at radius 3 is 2.95 bits per heavy atom. The van der Waals surface area contributed by atoms with Crippen LogP contribution in [0.15, 0.2) is 41.1 Å². The van der Waals surface area contributed by atoms with E-state index in [0.717, 1.165) is 10.0 Å². The van der Waals surface area contributed by atoms with E-state index in [-0.39, 0.29) is 17.2 Å². The van der Waals surface area contributed by atoms with Crippen molar-refractivity contribution in [3.05, 3.63) is 52.3 Å². The summed E-state index contributed by atoms with van der Waals surface area (Å²) in [6.45, 7) is 0.370. The summed E-state index contributed by atoms with van der Waals surface area (Å²) in [7, 11) is 1.59. The van der Waals surface area contributed by atoms with E-state index in [1.807, 2.05) is 12.1 Å². The lowest BCUT2D eigenvalue weighted by molar-refractivity contribution is 0.102.